The molecule has 1 unspecified atom stereocenters. The predicted molar refractivity (Wildman–Crippen MR) is 83.7 cm³/mol. The molecular formula is C18H16F3NO2. The van der Waals surface area contributed by atoms with Gasteiger partial charge in [0.05, 0.1) is 11.6 Å². The summed E-state index contributed by atoms with van der Waals surface area (Å²) in [5.74, 6) is -3.99. The Hall–Kier alpha value is -2.50. The van der Waals surface area contributed by atoms with Crippen LogP contribution in [0.25, 0.3) is 0 Å². The van der Waals surface area contributed by atoms with Crippen molar-refractivity contribution in [1.82, 2.24) is 0 Å². The van der Waals surface area contributed by atoms with Crippen LogP contribution in [-0.4, -0.2) is 17.6 Å². The van der Waals surface area contributed by atoms with Crippen LogP contribution in [0.4, 0.5) is 18.9 Å². The summed E-state index contributed by atoms with van der Waals surface area (Å²) in [6.45, 7) is 0.562. The van der Waals surface area contributed by atoms with Gasteiger partial charge in [0.1, 0.15) is 5.82 Å². The highest BCUT2D eigenvalue weighted by Gasteiger charge is 2.28. The molecule has 1 saturated heterocycles. The SMILES string of the molecule is O=C(O)c1ccc(N2CCCCC2c2cccc(F)c2F)cc1F. The van der Waals surface area contributed by atoms with Crippen LogP contribution in [0.15, 0.2) is 36.4 Å². The number of aromatic carboxylic acids is 1. The summed E-state index contributed by atoms with van der Waals surface area (Å²) in [6, 6.07) is 7.47. The van der Waals surface area contributed by atoms with E-state index in [1.54, 1.807) is 4.90 Å². The second kappa shape index (κ2) is 6.55. The smallest absolute Gasteiger partial charge is 0.338 e. The zero-order valence-electron chi connectivity index (χ0n) is 12.8. The fraction of sp³-hybridized carbons (Fsp3) is 0.278. The minimum atomic E-state index is -1.34. The van der Waals surface area contributed by atoms with Crippen molar-refractivity contribution >= 4 is 11.7 Å². The molecule has 126 valence electrons. The summed E-state index contributed by atoms with van der Waals surface area (Å²) in [7, 11) is 0. The van der Waals surface area contributed by atoms with Gasteiger partial charge in [0.25, 0.3) is 0 Å². The van der Waals surface area contributed by atoms with Gasteiger partial charge in [-0.1, -0.05) is 12.1 Å². The lowest BCUT2D eigenvalue weighted by atomic mass is 9.94. The van der Waals surface area contributed by atoms with Crippen molar-refractivity contribution in [1.29, 1.82) is 0 Å². The Bertz CT molecular complexity index is 779. The van der Waals surface area contributed by atoms with E-state index >= 15 is 0 Å². The Kier molecular flexibility index (Phi) is 4.46. The highest BCUT2D eigenvalue weighted by atomic mass is 19.2. The van der Waals surface area contributed by atoms with Crippen LogP contribution in [0.5, 0.6) is 0 Å². The Morgan fingerprint density at radius 2 is 1.88 bits per heavy atom. The molecule has 1 aliphatic rings. The Morgan fingerprint density at radius 1 is 1.08 bits per heavy atom. The lowest BCUT2D eigenvalue weighted by molar-refractivity contribution is 0.0692. The summed E-state index contributed by atoms with van der Waals surface area (Å²) < 4.78 is 41.7. The third-order valence-electron chi connectivity index (χ3n) is 4.36. The minimum absolute atomic E-state index is 0.234. The molecule has 2 aromatic carbocycles. The number of carboxylic acid groups (broad SMARTS) is 1. The van der Waals surface area contributed by atoms with E-state index in [-0.39, 0.29) is 5.56 Å². The number of nitrogens with zero attached hydrogens (tertiary/aromatic N) is 1. The number of carboxylic acids is 1. The van der Waals surface area contributed by atoms with E-state index in [1.807, 2.05) is 0 Å². The highest BCUT2D eigenvalue weighted by Crippen LogP contribution is 2.37. The number of halogens is 3. The fourth-order valence-corrected chi connectivity index (χ4v) is 3.20. The molecule has 3 nitrogen and oxygen atoms in total. The van der Waals surface area contributed by atoms with E-state index in [2.05, 4.69) is 0 Å². The van der Waals surface area contributed by atoms with Gasteiger partial charge in [-0.2, -0.15) is 0 Å². The van der Waals surface area contributed by atoms with Gasteiger partial charge in [-0.25, -0.2) is 18.0 Å². The van der Waals surface area contributed by atoms with Gasteiger partial charge >= 0.3 is 5.97 Å². The minimum Gasteiger partial charge on any atom is -0.478 e. The first-order valence-electron chi connectivity index (χ1n) is 7.72. The number of anilines is 1. The van der Waals surface area contributed by atoms with Gasteiger partial charge in [-0.05, 0) is 43.5 Å². The molecule has 0 radical (unpaired) electrons. The van der Waals surface area contributed by atoms with E-state index in [0.29, 0.717) is 18.7 Å². The molecule has 0 aliphatic carbocycles. The molecule has 2 aromatic rings. The summed E-state index contributed by atoms with van der Waals surface area (Å²) in [6.07, 6.45) is 2.31. The first-order chi connectivity index (χ1) is 11.5. The second-order valence-corrected chi connectivity index (χ2v) is 5.82. The second-order valence-electron chi connectivity index (χ2n) is 5.82. The molecule has 1 fully saturated rings. The maximum atomic E-state index is 14.2. The van der Waals surface area contributed by atoms with Crippen molar-refractivity contribution in [3.63, 3.8) is 0 Å². The lowest BCUT2D eigenvalue weighted by Gasteiger charge is -2.38. The maximum Gasteiger partial charge on any atom is 0.338 e. The zero-order valence-corrected chi connectivity index (χ0v) is 12.8. The van der Waals surface area contributed by atoms with Crippen LogP contribution in [0.2, 0.25) is 0 Å². The number of benzene rings is 2. The number of piperidine rings is 1. The van der Waals surface area contributed by atoms with Crippen molar-refractivity contribution in [2.24, 2.45) is 0 Å². The third kappa shape index (κ3) is 2.96. The summed E-state index contributed by atoms with van der Waals surface area (Å²) in [5, 5.41) is 8.92. The molecule has 1 aliphatic heterocycles. The molecule has 1 heterocycles. The van der Waals surface area contributed by atoms with Crippen LogP contribution >= 0.6 is 0 Å². The standard InChI is InChI=1S/C18H16F3NO2/c19-14-5-3-4-13(17(14)21)16-6-1-2-9-22(16)11-7-8-12(18(23)24)15(20)10-11/h3-5,7-8,10,16H,1-2,6,9H2,(H,23,24). The molecule has 1 atom stereocenters. The van der Waals surface area contributed by atoms with E-state index in [0.717, 1.165) is 25.0 Å². The van der Waals surface area contributed by atoms with Crippen LogP contribution in [0.1, 0.15) is 41.2 Å². The first-order valence-corrected chi connectivity index (χ1v) is 7.72. The first kappa shape index (κ1) is 16.4. The van der Waals surface area contributed by atoms with Crippen molar-refractivity contribution < 1.29 is 23.1 Å². The fourth-order valence-electron chi connectivity index (χ4n) is 3.20. The van der Waals surface area contributed by atoms with E-state index in [9.17, 15) is 18.0 Å². The zero-order chi connectivity index (χ0) is 17.3. The van der Waals surface area contributed by atoms with Gasteiger partial charge in [0, 0.05) is 17.8 Å². The number of hydrogen-bond donors (Lipinski definition) is 1. The molecule has 6 heteroatoms. The summed E-state index contributed by atoms with van der Waals surface area (Å²) >= 11 is 0. The number of hydrogen-bond acceptors (Lipinski definition) is 2. The largest absolute Gasteiger partial charge is 0.478 e. The Labute approximate surface area is 137 Å². The number of carbonyl (C=O) groups is 1. The molecule has 3 rings (SSSR count). The van der Waals surface area contributed by atoms with Crippen LogP contribution in [0, 0.1) is 17.5 Å². The topological polar surface area (TPSA) is 40.5 Å². The van der Waals surface area contributed by atoms with Gasteiger partial charge in [0.2, 0.25) is 0 Å². The molecule has 1 N–H and O–H groups in total. The van der Waals surface area contributed by atoms with Gasteiger partial charge < -0.3 is 10.0 Å². The molecule has 24 heavy (non-hydrogen) atoms. The number of rotatable bonds is 3. The molecule has 0 amide bonds. The van der Waals surface area contributed by atoms with Crippen molar-refractivity contribution in [3.05, 3.63) is 65.0 Å². The highest BCUT2D eigenvalue weighted by molar-refractivity contribution is 5.88. The quantitative estimate of drug-likeness (QED) is 0.896. The maximum absolute atomic E-state index is 14.2. The lowest BCUT2D eigenvalue weighted by Crippen LogP contribution is -2.34. The van der Waals surface area contributed by atoms with Crippen LogP contribution in [-0.2, 0) is 0 Å². The monoisotopic (exact) mass is 335 g/mol. The molecule has 0 bridgehead atoms. The van der Waals surface area contributed by atoms with Gasteiger partial charge in [-0.3, -0.25) is 0 Å². The Morgan fingerprint density at radius 3 is 2.58 bits per heavy atom. The van der Waals surface area contributed by atoms with E-state index in [1.165, 1.54) is 24.3 Å². The van der Waals surface area contributed by atoms with Crippen molar-refractivity contribution in [2.45, 2.75) is 25.3 Å². The Balaban J connectivity index is 2.00. The third-order valence-corrected chi connectivity index (χ3v) is 4.36. The average Bonchev–Trinajstić information content (AvgIpc) is 2.57. The van der Waals surface area contributed by atoms with Gasteiger partial charge in [0.15, 0.2) is 11.6 Å². The summed E-state index contributed by atoms with van der Waals surface area (Å²) in [5.41, 5.74) is 0.285. The normalized spacial score (nSPS) is 17.8. The van der Waals surface area contributed by atoms with Crippen molar-refractivity contribution in [2.75, 3.05) is 11.4 Å². The molecule has 0 saturated carbocycles. The van der Waals surface area contributed by atoms with Crippen molar-refractivity contribution in [3.8, 4) is 0 Å². The molecular weight excluding hydrogens is 319 g/mol. The van der Waals surface area contributed by atoms with Gasteiger partial charge in [-0.15, -0.1) is 0 Å². The molecule has 0 spiro atoms. The average molecular weight is 335 g/mol. The van der Waals surface area contributed by atoms with E-state index < -0.39 is 35.0 Å². The van der Waals surface area contributed by atoms with E-state index in [4.69, 9.17) is 5.11 Å². The predicted octanol–water partition coefficient (Wildman–Crippen LogP) is 4.53. The summed E-state index contributed by atoms with van der Waals surface area (Å²) in [4.78, 5) is 12.7. The molecule has 0 aromatic heterocycles. The van der Waals surface area contributed by atoms with Crippen LogP contribution in [0.3, 0.4) is 0 Å². The van der Waals surface area contributed by atoms with Crippen LogP contribution < -0.4 is 4.90 Å².